The summed E-state index contributed by atoms with van der Waals surface area (Å²) in [6.45, 7) is -0.616. The fourth-order valence-electron chi connectivity index (χ4n) is 4.20. The van der Waals surface area contributed by atoms with Crippen LogP contribution in [0.2, 0.25) is 0 Å². The number of nitrogens with one attached hydrogen (secondary N) is 1. The molecule has 4 rings (SSSR count). The standard InChI is InChI=1S/C23H19Cl2N3O7/c24-18-9-16-17(10-19(18)25)22(31)27(21(16)30)14-6-4-12(5-7-14)23(32)35-11-20(29)26-13-2-1-3-15(8-13)28(33)34/h1-8,16-19H,9-11H2,(H,26,29)/t16-,17+,18+,19-. The number of carbonyl (C=O) groups excluding carboxylic acids is 4. The summed E-state index contributed by atoms with van der Waals surface area (Å²) in [6.07, 6.45) is 0.647. The van der Waals surface area contributed by atoms with Crippen molar-refractivity contribution in [2.75, 3.05) is 16.8 Å². The van der Waals surface area contributed by atoms with E-state index in [0.29, 0.717) is 18.5 Å². The van der Waals surface area contributed by atoms with Crippen molar-refractivity contribution in [3.05, 3.63) is 64.2 Å². The van der Waals surface area contributed by atoms with Crippen LogP contribution in [0.5, 0.6) is 0 Å². The number of anilines is 2. The Kier molecular flexibility index (Phi) is 7.04. The van der Waals surface area contributed by atoms with Gasteiger partial charge in [-0.25, -0.2) is 4.79 Å². The number of hydrogen-bond donors (Lipinski definition) is 1. The third-order valence-electron chi connectivity index (χ3n) is 5.95. The lowest BCUT2D eigenvalue weighted by Crippen LogP contribution is -2.34. The molecule has 2 aliphatic rings. The first-order chi connectivity index (χ1) is 16.7. The number of non-ortho nitro benzene ring substituents is 1. The van der Waals surface area contributed by atoms with Gasteiger partial charge in [0, 0.05) is 17.8 Å². The number of esters is 1. The highest BCUT2D eigenvalue weighted by Gasteiger charge is 2.52. The van der Waals surface area contributed by atoms with Crippen molar-refractivity contribution >= 4 is 64.0 Å². The van der Waals surface area contributed by atoms with Gasteiger partial charge in [0.15, 0.2) is 6.61 Å². The summed E-state index contributed by atoms with van der Waals surface area (Å²) in [4.78, 5) is 61.3. The van der Waals surface area contributed by atoms with Crippen LogP contribution in [0, 0.1) is 22.0 Å². The number of benzene rings is 2. The Balaban J connectivity index is 1.36. The average Bonchev–Trinajstić information content (AvgIpc) is 3.07. The fraction of sp³-hybridized carbons (Fsp3) is 0.304. The molecule has 2 fully saturated rings. The summed E-state index contributed by atoms with van der Waals surface area (Å²) in [5, 5.41) is 12.5. The Morgan fingerprint density at radius 3 is 2.20 bits per heavy atom. The molecule has 0 unspecified atom stereocenters. The van der Waals surface area contributed by atoms with Gasteiger partial charge in [-0.2, -0.15) is 0 Å². The van der Waals surface area contributed by atoms with E-state index in [0.717, 1.165) is 4.90 Å². The van der Waals surface area contributed by atoms with Gasteiger partial charge in [0.25, 0.3) is 11.6 Å². The SMILES string of the molecule is O=C(COC(=O)c1ccc(N2C(=O)[C@H]3C[C@@H](Cl)[C@@H](Cl)C[C@H]3C2=O)cc1)Nc1cccc([N+](=O)[O-])c1. The molecule has 12 heteroatoms. The zero-order chi connectivity index (χ0) is 25.3. The summed E-state index contributed by atoms with van der Waals surface area (Å²) in [5.41, 5.74) is 0.409. The Labute approximate surface area is 209 Å². The van der Waals surface area contributed by atoms with Crippen LogP contribution in [0.25, 0.3) is 0 Å². The highest BCUT2D eigenvalue weighted by molar-refractivity contribution is 6.31. The Morgan fingerprint density at radius 2 is 1.63 bits per heavy atom. The van der Waals surface area contributed by atoms with Gasteiger partial charge in [0.1, 0.15) is 0 Å². The van der Waals surface area contributed by atoms with E-state index in [-0.39, 0.29) is 39.5 Å². The highest BCUT2D eigenvalue weighted by Crippen LogP contribution is 2.43. The molecule has 1 aliphatic carbocycles. The second-order valence-corrected chi connectivity index (χ2v) is 9.33. The fourth-order valence-corrected chi connectivity index (χ4v) is 4.79. The van der Waals surface area contributed by atoms with Crippen LogP contribution >= 0.6 is 23.2 Å². The maximum Gasteiger partial charge on any atom is 0.338 e. The van der Waals surface area contributed by atoms with Crippen molar-refractivity contribution in [3.63, 3.8) is 0 Å². The van der Waals surface area contributed by atoms with Gasteiger partial charge in [-0.05, 0) is 43.2 Å². The van der Waals surface area contributed by atoms with E-state index < -0.39 is 35.2 Å². The van der Waals surface area contributed by atoms with Crippen molar-refractivity contribution in [1.29, 1.82) is 0 Å². The summed E-state index contributed by atoms with van der Waals surface area (Å²) in [6, 6.07) is 11.0. The normalized spacial score (nSPS) is 23.5. The molecule has 10 nitrogen and oxygen atoms in total. The molecule has 1 heterocycles. The summed E-state index contributed by atoms with van der Waals surface area (Å²) in [7, 11) is 0. The van der Waals surface area contributed by atoms with Gasteiger partial charge < -0.3 is 10.1 Å². The van der Waals surface area contributed by atoms with Crippen molar-refractivity contribution in [2.45, 2.75) is 23.6 Å². The smallest absolute Gasteiger partial charge is 0.338 e. The van der Waals surface area contributed by atoms with Crippen molar-refractivity contribution in [2.24, 2.45) is 11.8 Å². The number of fused-ring (bicyclic) bond motifs is 1. The van der Waals surface area contributed by atoms with Crippen LogP contribution in [-0.4, -0.2) is 46.0 Å². The van der Waals surface area contributed by atoms with Gasteiger partial charge in [-0.3, -0.25) is 29.4 Å². The topological polar surface area (TPSA) is 136 Å². The van der Waals surface area contributed by atoms with Crippen molar-refractivity contribution in [1.82, 2.24) is 0 Å². The number of nitrogens with zero attached hydrogens (tertiary/aromatic N) is 2. The van der Waals surface area contributed by atoms with Crippen LogP contribution in [-0.2, 0) is 19.1 Å². The third kappa shape index (κ3) is 5.13. The highest BCUT2D eigenvalue weighted by atomic mass is 35.5. The number of ether oxygens (including phenoxy) is 1. The van der Waals surface area contributed by atoms with E-state index in [1.807, 2.05) is 0 Å². The largest absolute Gasteiger partial charge is 0.452 e. The molecule has 2 aromatic carbocycles. The average molecular weight is 520 g/mol. The van der Waals surface area contributed by atoms with E-state index in [1.54, 1.807) is 0 Å². The minimum absolute atomic E-state index is 0.107. The lowest BCUT2D eigenvalue weighted by atomic mass is 9.80. The minimum atomic E-state index is -0.798. The number of alkyl halides is 2. The molecule has 182 valence electrons. The molecule has 0 spiro atoms. The first kappa shape index (κ1) is 24.6. The quantitative estimate of drug-likeness (QED) is 0.202. The number of nitro benzene ring substituents is 1. The molecule has 4 atom stereocenters. The van der Waals surface area contributed by atoms with Gasteiger partial charge in [0.2, 0.25) is 11.8 Å². The third-order valence-corrected chi connectivity index (χ3v) is 7.04. The number of hydrogen-bond acceptors (Lipinski definition) is 7. The summed E-state index contributed by atoms with van der Waals surface area (Å²) >= 11 is 12.4. The number of rotatable bonds is 6. The minimum Gasteiger partial charge on any atom is -0.452 e. The van der Waals surface area contributed by atoms with Crippen LogP contribution < -0.4 is 10.2 Å². The lowest BCUT2D eigenvalue weighted by Gasteiger charge is -2.28. The van der Waals surface area contributed by atoms with E-state index in [4.69, 9.17) is 27.9 Å². The molecule has 0 radical (unpaired) electrons. The molecular weight excluding hydrogens is 501 g/mol. The van der Waals surface area contributed by atoms with Gasteiger partial charge in [-0.15, -0.1) is 23.2 Å². The van der Waals surface area contributed by atoms with E-state index in [9.17, 15) is 29.3 Å². The predicted molar refractivity (Wildman–Crippen MR) is 126 cm³/mol. The van der Waals surface area contributed by atoms with Gasteiger partial charge in [-0.1, -0.05) is 6.07 Å². The molecule has 1 saturated carbocycles. The monoisotopic (exact) mass is 519 g/mol. The lowest BCUT2D eigenvalue weighted by molar-refractivity contribution is -0.384. The number of imide groups is 1. The predicted octanol–water partition coefficient (Wildman–Crippen LogP) is 3.50. The van der Waals surface area contributed by atoms with Crippen molar-refractivity contribution < 1.29 is 28.8 Å². The molecule has 2 aromatic rings. The van der Waals surface area contributed by atoms with Crippen molar-refractivity contribution in [3.8, 4) is 0 Å². The second-order valence-electron chi connectivity index (χ2n) is 8.21. The molecular formula is C23H19Cl2N3O7. The van der Waals surface area contributed by atoms with Crippen LogP contribution in [0.4, 0.5) is 17.1 Å². The first-order valence-corrected chi connectivity index (χ1v) is 11.5. The Morgan fingerprint density at radius 1 is 1.03 bits per heavy atom. The van der Waals surface area contributed by atoms with Gasteiger partial charge in [0.05, 0.1) is 38.8 Å². The zero-order valence-corrected chi connectivity index (χ0v) is 19.6. The number of halogens is 2. The molecule has 0 bridgehead atoms. The molecule has 1 aliphatic heterocycles. The van der Waals surface area contributed by atoms with E-state index >= 15 is 0 Å². The summed E-state index contributed by atoms with van der Waals surface area (Å²) in [5.74, 6) is -3.21. The Bertz CT molecular complexity index is 1180. The maximum atomic E-state index is 12.8. The molecule has 1 N–H and O–H groups in total. The first-order valence-electron chi connectivity index (χ1n) is 10.6. The van der Waals surface area contributed by atoms with Crippen LogP contribution in [0.1, 0.15) is 23.2 Å². The van der Waals surface area contributed by atoms with E-state index in [1.165, 1.54) is 48.5 Å². The van der Waals surface area contributed by atoms with Gasteiger partial charge >= 0.3 is 5.97 Å². The molecule has 0 aromatic heterocycles. The molecule has 35 heavy (non-hydrogen) atoms. The molecule has 3 amide bonds. The molecule has 1 saturated heterocycles. The number of nitro groups is 1. The zero-order valence-electron chi connectivity index (χ0n) is 18.1. The number of amides is 3. The van der Waals surface area contributed by atoms with E-state index in [2.05, 4.69) is 5.32 Å². The summed E-state index contributed by atoms with van der Waals surface area (Å²) < 4.78 is 4.99. The van der Waals surface area contributed by atoms with Crippen LogP contribution in [0.3, 0.4) is 0 Å². The second kappa shape index (κ2) is 10.0. The Hall–Kier alpha value is -3.50. The van der Waals surface area contributed by atoms with Crippen LogP contribution in [0.15, 0.2) is 48.5 Å². The maximum absolute atomic E-state index is 12.8. The number of carbonyl (C=O) groups is 4.